The lowest BCUT2D eigenvalue weighted by molar-refractivity contribution is -0.889. The van der Waals surface area contributed by atoms with Crippen molar-refractivity contribution in [2.24, 2.45) is 0 Å². The van der Waals surface area contributed by atoms with Crippen LogP contribution in [0.4, 0.5) is 0 Å². The molecule has 0 amide bonds. The van der Waals surface area contributed by atoms with Gasteiger partial charge in [0.25, 0.3) is 0 Å². The molecule has 42 heavy (non-hydrogen) atoms. The van der Waals surface area contributed by atoms with E-state index in [0.717, 1.165) is 25.7 Å². The maximum Gasteiger partial charge on any atom is 0.306 e. The van der Waals surface area contributed by atoms with E-state index in [1.165, 1.54) is 51.4 Å². The van der Waals surface area contributed by atoms with Gasteiger partial charge in [0, 0.05) is 19.3 Å². The van der Waals surface area contributed by atoms with Crippen LogP contribution >= 0.6 is 0 Å². The van der Waals surface area contributed by atoms with Crippen molar-refractivity contribution in [2.75, 3.05) is 41.0 Å². The van der Waals surface area contributed by atoms with Gasteiger partial charge in [-0.25, -0.2) is 0 Å². The molecule has 0 spiro atoms. The van der Waals surface area contributed by atoms with Gasteiger partial charge in [-0.15, -0.1) is 0 Å². The Morgan fingerprint density at radius 2 is 1.19 bits per heavy atom. The smallest absolute Gasteiger partial charge is 0.306 e. The molecule has 0 N–H and O–H groups in total. The fourth-order valence-electron chi connectivity index (χ4n) is 4.43. The Hall–Kier alpha value is -2.19. The number of ether oxygens (including phenoxy) is 3. The van der Waals surface area contributed by atoms with Gasteiger partial charge in [-0.2, -0.15) is 0 Å². The zero-order valence-corrected chi connectivity index (χ0v) is 27.4. The fraction of sp³-hybridized carbons (Fsp3) is 0.794. The third-order valence-corrected chi connectivity index (χ3v) is 7.06. The molecule has 0 aliphatic rings. The maximum absolute atomic E-state index is 12.5. The van der Waals surface area contributed by atoms with Crippen LogP contribution in [-0.4, -0.2) is 75.5 Å². The molecule has 244 valence electrons. The number of allylic oxidation sites excluding steroid dienone is 4. The number of likely N-dealkylation sites (N-methyl/N-ethyl adjacent to an activating group) is 1. The van der Waals surface area contributed by atoms with Gasteiger partial charge in [0.1, 0.15) is 12.6 Å². The molecule has 0 aromatic rings. The third-order valence-electron chi connectivity index (χ3n) is 7.06. The number of esters is 2. The Morgan fingerprint density at radius 1 is 0.690 bits per heavy atom. The number of hydrogen-bond acceptors (Lipinski definition) is 7. The summed E-state index contributed by atoms with van der Waals surface area (Å²) in [5.41, 5.74) is 0. The number of carboxylic acid groups (broad SMARTS) is 1. The van der Waals surface area contributed by atoms with Crippen molar-refractivity contribution in [3.63, 3.8) is 0 Å². The summed E-state index contributed by atoms with van der Waals surface area (Å²) in [6.07, 6.45) is 23.7. The second kappa shape index (κ2) is 26.4. The molecule has 0 rings (SSSR count). The standard InChI is InChI=1S/C34H61NO7/c1-6-8-10-12-14-16-18-20-22-24-32(36)41-29-30(28-40-27-26-31(34(38)39)35(3,4)5)42-33(37)25-23-21-19-17-15-13-11-9-7-2/h16-19,30-31H,6-15,20-29H2,1-5H3/b18-16+,19-17+. The highest BCUT2D eigenvalue weighted by Crippen LogP contribution is 2.10. The Labute approximate surface area is 256 Å². The number of carbonyl (C=O) groups excluding carboxylic acids is 3. The van der Waals surface area contributed by atoms with Crippen molar-refractivity contribution >= 4 is 17.9 Å². The second-order valence-electron chi connectivity index (χ2n) is 12.0. The first-order chi connectivity index (χ1) is 20.1. The van der Waals surface area contributed by atoms with Crippen LogP contribution in [0.2, 0.25) is 0 Å². The van der Waals surface area contributed by atoms with Crippen LogP contribution in [0.5, 0.6) is 0 Å². The molecule has 0 saturated heterocycles. The van der Waals surface area contributed by atoms with E-state index in [-0.39, 0.29) is 49.1 Å². The highest BCUT2D eigenvalue weighted by Gasteiger charge is 2.25. The molecule has 0 aromatic heterocycles. The summed E-state index contributed by atoms with van der Waals surface area (Å²) in [6, 6.07) is -0.728. The lowest BCUT2D eigenvalue weighted by Gasteiger charge is -2.34. The van der Waals surface area contributed by atoms with Gasteiger partial charge < -0.3 is 28.6 Å². The van der Waals surface area contributed by atoms with Crippen LogP contribution in [-0.2, 0) is 28.6 Å². The molecule has 0 aliphatic carbocycles. The summed E-state index contributed by atoms with van der Waals surface area (Å²) >= 11 is 0. The van der Waals surface area contributed by atoms with Gasteiger partial charge in [0.15, 0.2) is 6.10 Å². The number of aliphatic carboxylic acids is 1. The first-order valence-electron chi connectivity index (χ1n) is 16.4. The van der Waals surface area contributed by atoms with E-state index in [4.69, 9.17) is 14.2 Å². The minimum Gasteiger partial charge on any atom is -0.544 e. The van der Waals surface area contributed by atoms with E-state index in [0.29, 0.717) is 19.3 Å². The van der Waals surface area contributed by atoms with Crippen LogP contribution in [0.1, 0.15) is 123 Å². The van der Waals surface area contributed by atoms with E-state index >= 15 is 0 Å². The molecule has 0 bridgehead atoms. The van der Waals surface area contributed by atoms with E-state index in [1.54, 1.807) is 21.1 Å². The fourth-order valence-corrected chi connectivity index (χ4v) is 4.43. The SMILES string of the molecule is CCCCCC/C=C/CCCC(=O)OCC(COCCC(C(=O)[O-])[N+](C)(C)C)OC(=O)CCC/C=C/CCCCCC. The first-order valence-corrected chi connectivity index (χ1v) is 16.4. The van der Waals surface area contributed by atoms with Crippen LogP contribution in [0.15, 0.2) is 24.3 Å². The summed E-state index contributed by atoms with van der Waals surface area (Å²) in [7, 11) is 5.36. The van der Waals surface area contributed by atoms with E-state index < -0.39 is 18.1 Å². The molecule has 2 unspecified atom stereocenters. The number of nitrogens with zero attached hydrogens (tertiary/aromatic N) is 1. The normalized spacial score (nSPS) is 13.5. The molecular weight excluding hydrogens is 534 g/mol. The lowest BCUT2D eigenvalue weighted by Crippen LogP contribution is -2.55. The van der Waals surface area contributed by atoms with Crippen LogP contribution in [0, 0.1) is 0 Å². The number of carboxylic acids is 1. The minimum absolute atomic E-state index is 0.0222. The quantitative estimate of drug-likeness (QED) is 0.0468. The molecule has 8 nitrogen and oxygen atoms in total. The van der Waals surface area contributed by atoms with Gasteiger partial charge in [-0.05, 0) is 51.4 Å². The average Bonchev–Trinajstić information content (AvgIpc) is 2.92. The maximum atomic E-state index is 12.5. The number of rotatable bonds is 28. The molecule has 0 fully saturated rings. The van der Waals surface area contributed by atoms with Crippen molar-refractivity contribution in [3.05, 3.63) is 24.3 Å². The molecule has 0 aliphatic heterocycles. The van der Waals surface area contributed by atoms with Crippen molar-refractivity contribution in [3.8, 4) is 0 Å². The Morgan fingerprint density at radius 3 is 1.67 bits per heavy atom. The molecule has 0 radical (unpaired) electrons. The predicted octanol–water partition coefficient (Wildman–Crippen LogP) is 6.07. The summed E-state index contributed by atoms with van der Waals surface area (Å²) in [5, 5.41) is 11.5. The van der Waals surface area contributed by atoms with Crippen molar-refractivity contribution in [1.29, 1.82) is 0 Å². The van der Waals surface area contributed by atoms with E-state index in [9.17, 15) is 19.5 Å². The Balaban J connectivity index is 4.59. The van der Waals surface area contributed by atoms with Crippen LogP contribution in [0.3, 0.4) is 0 Å². The van der Waals surface area contributed by atoms with E-state index in [1.807, 2.05) is 0 Å². The van der Waals surface area contributed by atoms with Crippen molar-refractivity contribution in [2.45, 2.75) is 135 Å². The molecule has 8 heteroatoms. The summed E-state index contributed by atoms with van der Waals surface area (Å²) < 4.78 is 16.9. The summed E-state index contributed by atoms with van der Waals surface area (Å²) in [5.74, 6) is -1.83. The van der Waals surface area contributed by atoms with Crippen LogP contribution in [0.25, 0.3) is 0 Å². The highest BCUT2D eigenvalue weighted by molar-refractivity contribution is 5.70. The number of unbranched alkanes of at least 4 members (excludes halogenated alkanes) is 10. The summed E-state index contributed by atoms with van der Waals surface area (Å²) in [4.78, 5) is 36.3. The monoisotopic (exact) mass is 595 g/mol. The Bertz CT molecular complexity index is 757. The predicted molar refractivity (Wildman–Crippen MR) is 167 cm³/mol. The van der Waals surface area contributed by atoms with Crippen molar-refractivity contribution < 1.29 is 38.2 Å². The number of hydrogen-bond donors (Lipinski definition) is 0. The van der Waals surface area contributed by atoms with Crippen LogP contribution < -0.4 is 5.11 Å². The zero-order valence-electron chi connectivity index (χ0n) is 27.4. The zero-order chi connectivity index (χ0) is 31.5. The minimum atomic E-state index is -1.13. The Kier molecular flexibility index (Phi) is 25.1. The molecule has 0 saturated carbocycles. The highest BCUT2D eigenvalue weighted by atomic mass is 16.6. The van der Waals surface area contributed by atoms with Crippen molar-refractivity contribution in [1.82, 2.24) is 0 Å². The topological polar surface area (TPSA) is 102 Å². The molecule has 0 aromatic carbocycles. The molecule has 2 atom stereocenters. The summed E-state index contributed by atoms with van der Waals surface area (Å²) in [6.45, 7) is 4.49. The van der Waals surface area contributed by atoms with Gasteiger partial charge in [-0.1, -0.05) is 76.7 Å². The lowest BCUT2D eigenvalue weighted by atomic mass is 10.1. The molecule has 0 heterocycles. The van der Waals surface area contributed by atoms with Gasteiger partial charge in [0.05, 0.1) is 40.3 Å². The van der Waals surface area contributed by atoms with Gasteiger partial charge in [0.2, 0.25) is 0 Å². The van der Waals surface area contributed by atoms with Gasteiger partial charge >= 0.3 is 11.9 Å². The number of carbonyl (C=O) groups is 3. The first kappa shape index (κ1) is 39.8. The van der Waals surface area contributed by atoms with E-state index in [2.05, 4.69) is 38.2 Å². The number of quaternary nitrogens is 1. The second-order valence-corrected chi connectivity index (χ2v) is 12.0. The van der Waals surface area contributed by atoms with Gasteiger partial charge in [-0.3, -0.25) is 9.59 Å². The largest absolute Gasteiger partial charge is 0.544 e. The molecular formula is C34H61NO7. The third kappa shape index (κ3) is 24.4. The average molecular weight is 596 g/mol.